The van der Waals surface area contributed by atoms with Crippen molar-refractivity contribution in [1.82, 2.24) is 25.6 Å². The molecule has 2 aromatic heterocycles. The first-order valence-electron chi connectivity index (χ1n) is 10.2. The zero-order chi connectivity index (χ0) is 20.5. The molecular formula is C22H30N6O. The van der Waals surface area contributed by atoms with E-state index >= 15 is 0 Å². The quantitative estimate of drug-likeness (QED) is 0.428. The molecule has 29 heavy (non-hydrogen) atoms. The smallest absolute Gasteiger partial charge is 0.191 e. The molecule has 7 nitrogen and oxygen atoms in total. The summed E-state index contributed by atoms with van der Waals surface area (Å²) < 4.78 is 7.35. The first-order chi connectivity index (χ1) is 14.2. The van der Waals surface area contributed by atoms with Crippen LogP contribution in [0.3, 0.4) is 0 Å². The highest BCUT2D eigenvalue weighted by atomic mass is 16.5. The molecule has 7 heteroatoms. The van der Waals surface area contributed by atoms with Crippen LogP contribution in [-0.2, 0) is 13.0 Å². The van der Waals surface area contributed by atoms with Gasteiger partial charge in [-0.25, -0.2) is 4.68 Å². The fourth-order valence-electron chi connectivity index (χ4n) is 3.24. The summed E-state index contributed by atoms with van der Waals surface area (Å²) in [5.74, 6) is 2.02. The Labute approximate surface area is 172 Å². The van der Waals surface area contributed by atoms with Gasteiger partial charge in [0, 0.05) is 31.8 Å². The third-order valence-corrected chi connectivity index (χ3v) is 5.00. The molecule has 0 saturated heterocycles. The summed E-state index contributed by atoms with van der Waals surface area (Å²) in [6, 6.07) is 12.1. The van der Waals surface area contributed by atoms with Crippen molar-refractivity contribution in [1.29, 1.82) is 0 Å². The maximum Gasteiger partial charge on any atom is 0.191 e. The van der Waals surface area contributed by atoms with Crippen molar-refractivity contribution in [2.24, 2.45) is 4.99 Å². The van der Waals surface area contributed by atoms with E-state index in [1.54, 1.807) is 7.05 Å². The van der Waals surface area contributed by atoms with Gasteiger partial charge in [0.2, 0.25) is 0 Å². The first-order valence-corrected chi connectivity index (χ1v) is 10.2. The van der Waals surface area contributed by atoms with E-state index in [2.05, 4.69) is 45.9 Å². The number of nitrogens with one attached hydrogen (secondary N) is 2. The van der Waals surface area contributed by atoms with Crippen molar-refractivity contribution in [3.05, 3.63) is 65.8 Å². The molecule has 0 spiro atoms. The van der Waals surface area contributed by atoms with Crippen molar-refractivity contribution in [2.45, 2.75) is 45.6 Å². The van der Waals surface area contributed by atoms with Crippen LogP contribution < -0.4 is 10.6 Å². The number of hydrogen-bond acceptors (Lipinski definition) is 4. The summed E-state index contributed by atoms with van der Waals surface area (Å²) in [5.41, 5.74) is 3.26. The third-order valence-electron chi connectivity index (χ3n) is 5.00. The minimum absolute atomic E-state index is 0.460. The second-order valence-corrected chi connectivity index (χ2v) is 6.96. The standard InChI is InChI=1S/C22H30N6O/c1-4-18(5-2)21-13-20(29-27-21)15-25-22(23-3)24-12-11-17-14-26-28(16-17)19-9-7-6-8-10-19/h6-10,13-14,16,18H,4-5,11-12,15H2,1-3H3,(H2,23,24,25). The van der Waals surface area contributed by atoms with Crippen LogP contribution in [0.4, 0.5) is 0 Å². The molecule has 2 N–H and O–H groups in total. The first kappa shape index (κ1) is 20.6. The second kappa shape index (κ2) is 10.5. The molecule has 0 bridgehead atoms. The van der Waals surface area contributed by atoms with Gasteiger partial charge >= 0.3 is 0 Å². The fourth-order valence-corrected chi connectivity index (χ4v) is 3.24. The molecule has 1 aromatic carbocycles. The van der Waals surface area contributed by atoms with Gasteiger partial charge < -0.3 is 15.2 Å². The van der Waals surface area contributed by atoms with E-state index in [0.717, 1.165) is 48.9 Å². The molecule has 0 aliphatic rings. The third kappa shape index (κ3) is 5.70. The van der Waals surface area contributed by atoms with Gasteiger partial charge in [-0.15, -0.1) is 0 Å². The fraction of sp³-hybridized carbons (Fsp3) is 0.409. The number of aromatic nitrogens is 3. The summed E-state index contributed by atoms with van der Waals surface area (Å²) in [6.45, 7) is 5.67. The molecule has 0 aliphatic heterocycles. The number of rotatable bonds is 9. The molecule has 0 radical (unpaired) electrons. The molecule has 0 aliphatic carbocycles. The molecule has 3 rings (SSSR count). The number of para-hydroxylation sites is 1. The molecule has 154 valence electrons. The Bertz CT molecular complexity index is 895. The van der Waals surface area contributed by atoms with Crippen LogP contribution in [-0.4, -0.2) is 34.5 Å². The Morgan fingerprint density at radius 2 is 1.97 bits per heavy atom. The largest absolute Gasteiger partial charge is 0.359 e. The van der Waals surface area contributed by atoms with Crippen LogP contribution in [0.1, 0.15) is 49.6 Å². The average Bonchev–Trinajstić information content (AvgIpc) is 3.42. The monoisotopic (exact) mass is 394 g/mol. The normalized spacial score (nSPS) is 11.8. The van der Waals surface area contributed by atoms with Gasteiger partial charge in [-0.2, -0.15) is 5.10 Å². The Morgan fingerprint density at radius 1 is 1.17 bits per heavy atom. The van der Waals surface area contributed by atoms with Gasteiger partial charge in [0.1, 0.15) is 0 Å². The van der Waals surface area contributed by atoms with Crippen LogP contribution in [0.2, 0.25) is 0 Å². The molecule has 0 atom stereocenters. The number of guanidine groups is 1. The second-order valence-electron chi connectivity index (χ2n) is 6.96. The molecular weight excluding hydrogens is 364 g/mol. The minimum atomic E-state index is 0.460. The van der Waals surface area contributed by atoms with Gasteiger partial charge in [-0.1, -0.05) is 37.2 Å². The van der Waals surface area contributed by atoms with Gasteiger partial charge in [0.05, 0.1) is 24.1 Å². The van der Waals surface area contributed by atoms with E-state index in [4.69, 9.17) is 4.52 Å². The van der Waals surface area contributed by atoms with Crippen molar-refractivity contribution in [3.63, 3.8) is 0 Å². The van der Waals surface area contributed by atoms with Crippen molar-refractivity contribution in [3.8, 4) is 5.69 Å². The molecule has 0 unspecified atom stereocenters. The van der Waals surface area contributed by atoms with Crippen molar-refractivity contribution < 1.29 is 4.52 Å². The van der Waals surface area contributed by atoms with Gasteiger partial charge in [-0.3, -0.25) is 4.99 Å². The topological polar surface area (TPSA) is 80.3 Å². The van der Waals surface area contributed by atoms with Crippen LogP contribution in [0.25, 0.3) is 5.69 Å². The zero-order valence-corrected chi connectivity index (χ0v) is 17.4. The summed E-state index contributed by atoms with van der Waals surface area (Å²) in [4.78, 5) is 4.27. The van der Waals surface area contributed by atoms with Crippen LogP contribution in [0.5, 0.6) is 0 Å². The highest BCUT2D eigenvalue weighted by Crippen LogP contribution is 2.22. The van der Waals surface area contributed by atoms with Gasteiger partial charge in [-0.05, 0) is 37.0 Å². The maximum absolute atomic E-state index is 5.46. The summed E-state index contributed by atoms with van der Waals surface area (Å²) in [6.07, 6.45) is 6.95. The van der Waals surface area contributed by atoms with Crippen molar-refractivity contribution >= 4 is 5.96 Å². The Balaban J connectivity index is 1.45. The van der Waals surface area contributed by atoms with Crippen LogP contribution in [0.15, 0.2) is 58.3 Å². The highest BCUT2D eigenvalue weighted by Gasteiger charge is 2.13. The van der Waals surface area contributed by atoms with Crippen molar-refractivity contribution in [2.75, 3.05) is 13.6 Å². The van der Waals surface area contributed by atoms with Gasteiger partial charge in [0.25, 0.3) is 0 Å². The van der Waals surface area contributed by atoms with E-state index in [1.165, 1.54) is 5.56 Å². The van der Waals surface area contributed by atoms with E-state index in [9.17, 15) is 0 Å². The summed E-state index contributed by atoms with van der Waals surface area (Å²) in [5, 5.41) is 15.2. The Kier molecular flexibility index (Phi) is 7.44. The van der Waals surface area contributed by atoms with Crippen LogP contribution in [0, 0.1) is 0 Å². The predicted octanol–water partition coefficient (Wildman–Crippen LogP) is 3.67. The lowest BCUT2D eigenvalue weighted by Gasteiger charge is -2.10. The lowest BCUT2D eigenvalue weighted by atomic mass is 9.99. The average molecular weight is 395 g/mol. The predicted molar refractivity (Wildman–Crippen MR) is 115 cm³/mol. The molecule has 2 heterocycles. The van der Waals surface area contributed by atoms with E-state index in [0.29, 0.717) is 12.5 Å². The summed E-state index contributed by atoms with van der Waals surface area (Å²) in [7, 11) is 1.76. The minimum Gasteiger partial charge on any atom is -0.359 e. The SMILES string of the molecule is CCC(CC)c1cc(CNC(=NC)NCCc2cnn(-c3ccccc3)c2)on1. The number of benzene rings is 1. The Morgan fingerprint density at radius 3 is 2.69 bits per heavy atom. The summed E-state index contributed by atoms with van der Waals surface area (Å²) >= 11 is 0. The molecule has 0 saturated carbocycles. The molecule has 3 aromatic rings. The molecule has 0 fully saturated rings. The maximum atomic E-state index is 5.46. The number of hydrogen-bond donors (Lipinski definition) is 2. The van der Waals surface area contributed by atoms with E-state index in [1.807, 2.05) is 47.3 Å². The molecule has 0 amide bonds. The lowest BCUT2D eigenvalue weighted by molar-refractivity contribution is 0.368. The van der Waals surface area contributed by atoms with E-state index < -0.39 is 0 Å². The van der Waals surface area contributed by atoms with Crippen LogP contribution >= 0.6 is 0 Å². The van der Waals surface area contributed by atoms with E-state index in [-0.39, 0.29) is 0 Å². The lowest BCUT2D eigenvalue weighted by Crippen LogP contribution is -2.37. The van der Waals surface area contributed by atoms with Gasteiger partial charge in [0.15, 0.2) is 11.7 Å². The zero-order valence-electron chi connectivity index (χ0n) is 17.4. The number of nitrogens with zero attached hydrogens (tertiary/aromatic N) is 4. The Hall–Kier alpha value is -3.09. The number of aliphatic imine (C=N–C) groups is 1. The highest BCUT2D eigenvalue weighted by molar-refractivity contribution is 5.79.